The van der Waals surface area contributed by atoms with Gasteiger partial charge in [0.15, 0.2) is 0 Å². The lowest BCUT2D eigenvalue weighted by Crippen LogP contribution is -2.67. The molecule has 1 aliphatic heterocycles. The van der Waals surface area contributed by atoms with E-state index in [1.54, 1.807) is 6.07 Å². The van der Waals surface area contributed by atoms with E-state index in [0.29, 0.717) is 30.7 Å². The van der Waals surface area contributed by atoms with Crippen LogP contribution in [-0.4, -0.2) is 65.1 Å². The van der Waals surface area contributed by atoms with Gasteiger partial charge in [0.25, 0.3) is 5.91 Å². The van der Waals surface area contributed by atoms with Crippen molar-refractivity contribution >= 4 is 11.9 Å². The first-order valence-corrected chi connectivity index (χ1v) is 11.9. The predicted molar refractivity (Wildman–Crippen MR) is 132 cm³/mol. The van der Waals surface area contributed by atoms with Crippen molar-refractivity contribution in [3.05, 3.63) is 78.4 Å². The van der Waals surface area contributed by atoms with Crippen LogP contribution in [-0.2, 0) is 10.2 Å². The van der Waals surface area contributed by atoms with E-state index < -0.39 is 11.0 Å². The molecule has 1 N–H and O–H groups in total. The second-order valence-corrected chi connectivity index (χ2v) is 9.69. The summed E-state index contributed by atoms with van der Waals surface area (Å²) in [6, 6.07) is 16.8. The zero-order valence-corrected chi connectivity index (χ0v) is 20.1. The number of fused-ring (bicyclic) bond motifs is 1. The fraction of sp³-hybridized carbons (Fsp3) is 0.429. The van der Waals surface area contributed by atoms with Crippen molar-refractivity contribution in [2.24, 2.45) is 0 Å². The predicted octanol–water partition coefficient (Wildman–Crippen LogP) is 3.80. The van der Waals surface area contributed by atoms with Gasteiger partial charge in [-0.05, 0) is 62.1 Å². The third-order valence-electron chi connectivity index (χ3n) is 7.63. The van der Waals surface area contributed by atoms with E-state index >= 15 is 0 Å². The van der Waals surface area contributed by atoms with Crippen molar-refractivity contribution in [3.63, 3.8) is 0 Å². The van der Waals surface area contributed by atoms with Crippen LogP contribution in [0, 0.1) is 0 Å². The summed E-state index contributed by atoms with van der Waals surface area (Å²) in [5.41, 5.74) is 0.0976. The van der Waals surface area contributed by atoms with Crippen LogP contribution in [0.2, 0.25) is 0 Å². The van der Waals surface area contributed by atoms with Gasteiger partial charge in [-0.3, -0.25) is 14.5 Å². The van der Waals surface area contributed by atoms with Gasteiger partial charge < -0.3 is 14.7 Å². The van der Waals surface area contributed by atoms with Gasteiger partial charge in [-0.25, -0.2) is 0 Å². The zero-order chi connectivity index (χ0) is 24.3. The number of β-amino-alcohol motifs (C(OH)–C–C–N with tert-alkyl or cyclic N) is 1. The number of esters is 1. The molecule has 2 aromatic rings. The number of benzene rings is 2. The maximum atomic E-state index is 13.2. The highest BCUT2D eigenvalue weighted by molar-refractivity contribution is 5.94. The van der Waals surface area contributed by atoms with Crippen molar-refractivity contribution in [2.45, 2.75) is 49.7 Å². The van der Waals surface area contributed by atoms with Crippen LogP contribution in [0.25, 0.3) is 0 Å². The molecule has 6 nitrogen and oxygen atoms in total. The van der Waals surface area contributed by atoms with E-state index in [-0.39, 0.29) is 17.9 Å². The Balaban J connectivity index is 1.70. The Morgan fingerprint density at radius 3 is 2.68 bits per heavy atom. The summed E-state index contributed by atoms with van der Waals surface area (Å²) >= 11 is 0. The Labute approximate surface area is 201 Å². The molecule has 2 aliphatic rings. The number of carbonyl (C=O) groups is 2. The van der Waals surface area contributed by atoms with Crippen molar-refractivity contribution < 1.29 is 19.4 Å². The highest BCUT2D eigenvalue weighted by Crippen LogP contribution is 2.53. The number of hydrogen-bond acceptors (Lipinski definition) is 5. The molecule has 0 spiro atoms. The molecule has 0 aromatic heterocycles. The van der Waals surface area contributed by atoms with E-state index in [9.17, 15) is 14.7 Å². The van der Waals surface area contributed by atoms with Crippen LogP contribution in [0.5, 0.6) is 5.75 Å². The largest absolute Gasteiger partial charge is 0.427 e. The third kappa shape index (κ3) is 4.52. The molecule has 1 amide bonds. The van der Waals surface area contributed by atoms with Gasteiger partial charge in [-0.1, -0.05) is 36.4 Å². The second kappa shape index (κ2) is 9.72. The molecule has 1 saturated carbocycles. The topological polar surface area (TPSA) is 70.1 Å². The molecule has 0 unspecified atom stereocenters. The average Bonchev–Trinajstić information content (AvgIpc) is 2.83. The Hall–Kier alpha value is -2.96. The fourth-order valence-electron chi connectivity index (χ4n) is 5.88. The normalized spacial score (nSPS) is 26.9. The zero-order valence-electron chi connectivity index (χ0n) is 20.1. The van der Waals surface area contributed by atoms with Crippen molar-refractivity contribution in [1.82, 2.24) is 9.80 Å². The first kappa shape index (κ1) is 24.2. The Morgan fingerprint density at radius 1 is 1.21 bits per heavy atom. The van der Waals surface area contributed by atoms with Crippen LogP contribution >= 0.6 is 0 Å². The van der Waals surface area contributed by atoms with Gasteiger partial charge in [0.2, 0.25) is 0 Å². The summed E-state index contributed by atoms with van der Waals surface area (Å²) in [7, 11) is 1.86. The minimum atomic E-state index is -0.962. The molecule has 1 heterocycles. The number of likely N-dealkylation sites (tertiary alicyclic amines) is 1. The fourth-order valence-corrected chi connectivity index (χ4v) is 5.88. The molecular formula is C28H34N2O4. The minimum Gasteiger partial charge on any atom is -0.427 e. The molecule has 3 atom stereocenters. The number of nitrogens with zero attached hydrogens (tertiary/aromatic N) is 2. The number of aliphatic hydroxyl groups is 1. The molecule has 0 bridgehead atoms. The van der Waals surface area contributed by atoms with Crippen LogP contribution in [0.4, 0.5) is 0 Å². The van der Waals surface area contributed by atoms with E-state index in [4.69, 9.17) is 4.74 Å². The average molecular weight is 463 g/mol. The number of piperidine rings is 1. The van der Waals surface area contributed by atoms with Crippen LogP contribution in [0.1, 0.15) is 48.5 Å². The van der Waals surface area contributed by atoms with Gasteiger partial charge in [0.1, 0.15) is 5.75 Å². The number of rotatable bonds is 6. The lowest BCUT2D eigenvalue weighted by atomic mass is 9.55. The summed E-state index contributed by atoms with van der Waals surface area (Å²) in [4.78, 5) is 28.9. The first-order chi connectivity index (χ1) is 16.3. The van der Waals surface area contributed by atoms with Crippen LogP contribution in [0.15, 0.2) is 67.3 Å². The maximum absolute atomic E-state index is 13.2. The van der Waals surface area contributed by atoms with E-state index in [2.05, 4.69) is 11.5 Å². The molecule has 1 aliphatic carbocycles. The molecule has 34 heavy (non-hydrogen) atoms. The van der Waals surface area contributed by atoms with Crippen LogP contribution < -0.4 is 4.74 Å². The van der Waals surface area contributed by atoms with Gasteiger partial charge in [-0.15, -0.1) is 6.58 Å². The highest BCUT2D eigenvalue weighted by Gasteiger charge is 2.58. The molecule has 2 fully saturated rings. The summed E-state index contributed by atoms with van der Waals surface area (Å²) in [6.45, 7) is 7.33. The van der Waals surface area contributed by atoms with Gasteiger partial charge in [-0.2, -0.15) is 0 Å². The number of carbonyl (C=O) groups excluding carboxylic acids is 2. The third-order valence-corrected chi connectivity index (χ3v) is 7.63. The monoisotopic (exact) mass is 462 g/mol. The lowest BCUT2D eigenvalue weighted by Gasteiger charge is -2.59. The number of amides is 1. The SMILES string of the molecule is C=CCN1CC[C@@]2(c3cccc(OC(C)=O)c3)C[C@H](N(C)C(=O)c3ccccc3)CC[C@]2(O)C1. The van der Waals surface area contributed by atoms with Crippen molar-refractivity contribution in [2.75, 3.05) is 26.7 Å². The molecule has 2 aromatic carbocycles. The van der Waals surface area contributed by atoms with Gasteiger partial charge in [0.05, 0.1) is 5.60 Å². The van der Waals surface area contributed by atoms with E-state index in [0.717, 1.165) is 31.5 Å². The molecular weight excluding hydrogens is 428 g/mol. The summed E-state index contributed by atoms with van der Waals surface area (Å²) in [5, 5.41) is 12.1. The van der Waals surface area contributed by atoms with Crippen molar-refractivity contribution in [1.29, 1.82) is 0 Å². The van der Waals surface area contributed by atoms with E-state index in [1.807, 2.05) is 66.6 Å². The molecule has 0 radical (unpaired) electrons. The maximum Gasteiger partial charge on any atom is 0.308 e. The summed E-state index contributed by atoms with van der Waals surface area (Å²) in [5.74, 6) is 0.0930. The van der Waals surface area contributed by atoms with Gasteiger partial charge in [0, 0.05) is 44.1 Å². The molecule has 4 rings (SSSR count). The summed E-state index contributed by atoms with van der Waals surface area (Å²) in [6.07, 6.45) is 4.55. The molecule has 180 valence electrons. The Bertz CT molecular complexity index is 1060. The number of hydrogen-bond donors (Lipinski definition) is 1. The first-order valence-electron chi connectivity index (χ1n) is 11.9. The summed E-state index contributed by atoms with van der Waals surface area (Å²) < 4.78 is 5.38. The molecule has 1 saturated heterocycles. The minimum absolute atomic E-state index is 0.0102. The number of ether oxygens (including phenoxy) is 1. The smallest absolute Gasteiger partial charge is 0.308 e. The Morgan fingerprint density at radius 2 is 1.97 bits per heavy atom. The second-order valence-electron chi connectivity index (χ2n) is 9.69. The Kier molecular flexibility index (Phi) is 6.91. The lowest BCUT2D eigenvalue weighted by molar-refractivity contribution is -0.132. The quantitative estimate of drug-likeness (QED) is 0.402. The van der Waals surface area contributed by atoms with Gasteiger partial charge >= 0.3 is 5.97 Å². The standard InChI is InChI=1S/C28H34N2O4/c1-4-16-30-17-15-27(23-11-8-12-25(18-23)34-21(2)31)19-24(13-14-28(27,33)20-30)29(3)26(32)22-9-6-5-7-10-22/h4-12,18,24,33H,1,13-17,19-20H2,2-3H3/t24-,27+,28+/m1/s1. The van der Waals surface area contributed by atoms with E-state index in [1.165, 1.54) is 6.92 Å². The highest BCUT2D eigenvalue weighted by atomic mass is 16.5. The van der Waals surface area contributed by atoms with Crippen molar-refractivity contribution in [3.8, 4) is 5.75 Å². The van der Waals surface area contributed by atoms with Crippen LogP contribution in [0.3, 0.4) is 0 Å². The molecule has 6 heteroatoms.